The highest BCUT2D eigenvalue weighted by molar-refractivity contribution is 7.09. The average Bonchev–Trinajstić information content (AvgIpc) is 2.80. The van der Waals surface area contributed by atoms with Gasteiger partial charge in [0.2, 0.25) is 0 Å². The predicted molar refractivity (Wildman–Crippen MR) is 89.6 cm³/mol. The molecule has 22 heavy (non-hydrogen) atoms. The van der Waals surface area contributed by atoms with E-state index in [0.717, 1.165) is 21.9 Å². The monoisotopic (exact) mass is 322 g/mol. The van der Waals surface area contributed by atoms with Crippen molar-refractivity contribution < 1.29 is 9.84 Å². The molecule has 1 aromatic heterocycles. The van der Waals surface area contributed by atoms with Gasteiger partial charge in [-0.3, -0.25) is 9.69 Å². The Labute approximate surface area is 134 Å². The van der Waals surface area contributed by atoms with E-state index < -0.39 is 0 Å². The highest BCUT2D eigenvalue weighted by atomic mass is 32.1. The fourth-order valence-electron chi connectivity index (χ4n) is 2.17. The van der Waals surface area contributed by atoms with E-state index in [0.29, 0.717) is 13.1 Å². The second kappa shape index (κ2) is 7.58. The molecule has 0 aliphatic heterocycles. The van der Waals surface area contributed by atoms with Crippen molar-refractivity contribution in [3.63, 3.8) is 0 Å². The summed E-state index contributed by atoms with van der Waals surface area (Å²) in [7, 11) is 1.92. The van der Waals surface area contributed by atoms with E-state index in [2.05, 4.69) is 4.98 Å². The van der Waals surface area contributed by atoms with E-state index in [1.807, 2.05) is 50.1 Å². The van der Waals surface area contributed by atoms with E-state index in [1.54, 1.807) is 0 Å². The second-order valence-corrected chi connectivity index (χ2v) is 6.53. The molecule has 2 aromatic rings. The van der Waals surface area contributed by atoms with Crippen LogP contribution in [0.4, 0.5) is 0 Å². The Bertz CT molecular complexity index is 646. The molecule has 120 valence electrons. The first kappa shape index (κ1) is 16.7. The van der Waals surface area contributed by atoms with Crippen LogP contribution in [0, 0.1) is 0 Å². The third kappa shape index (κ3) is 4.43. The number of nitrogens with one attached hydrogen (secondary N) is 1. The van der Waals surface area contributed by atoms with Crippen LogP contribution < -0.4 is 9.61 Å². The van der Waals surface area contributed by atoms with Gasteiger partial charge in [0.25, 0.3) is 0 Å². The standard InChI is InChI=1S/C16H22N2O3S/c1-11(2)21-13-6-4-12(5-7-13)15-14(22-16(20)17-15)10-18(3)8-9-19/h4-7,11,19H,8-10H2,1-3H3,(H,17,20). The number of H-pyrrole nitrogens is 1. The second-order valence-electron chi connectivity index (χ2n) is 5.47. The van der Waals surface area contributed by atoms with E-state index in [1.165, 1.54) is 11.3 Å². The summed E-state index contributed by atoms with van der Waals surface area (Å²) in [6.07, 6.45) is 0.134. The number of aromatic amines is 1. The van der Waals surface area contributed by atoms with Crippen molar-refractivity contribution in [2.45, 2.75) is 26.5 Å². The Morgan fingerprint density at radius 2 is 2.00 bits per heavy atom. The predicted octanol–water partition coefficient (Wildman–Crippen LogP) is 2.31. The maximum atomic E-state index is 11.7. The van der Waals surface area contributed by atoms with Crippen molar-refractivity contribution in [2.24, 2.45) is 0 Å². The van der Waals surface area contributed by atoms with Crippen LogP contribution in [0.15, 0.2) is 29.1 Å². The van der Waals surface area contributed by atoms with Crippen LogP contribution >= 0.6 is 11.3 Å². The summed E-state index contributed by atoms with van der Waals surface area (Å²) in [4.78, 5) is 17.5. The van der Waals surface area contributed by atoms with Gasteiger partial charge in [-0.25, -0.2) is 0 Å². The fourth-order valence-corrected chi connectivity index (χ4v) is 3.10. The highest BCUT2D eigenvalue weighted by Gasteiger charge is 2.12. The third-order valence-electron chi connectivity index (χ3n) is 3.13. The van der Waals surface area contributed by atoms with Crippen molar-refractivity contribution in [3.8, 4) is 17.0 Å². The molecule has 0 amide bonds. The lowest BCUT2D eigenvalue weighted by Gasteiger charge is -2.15. The first-order valence-corrected chi connectivity index (χ1v) is 8.09. The van der Waals surface area contributed by atoms with Crippen LogP contribution in [0.3, 0.4) is 0 Å². The number of aliphatic hydroxyl groups excluding tert-OH is 1. The molecule has 0 aliphatic rings. The highest BCUT2D eigenvalue weighted by Crippen LogP contribution is 2.26. The Morgan fingerprint density at radius 1 is 1.32 bits per heavy atom. The van der Waals surface area contributed by atoms with Crippen LogP contribution in [0.25, 0.3) is 11.3 Å². The van der Waals surface area contributed by atoms with Gasteiger partial charge in [-0.05, 0) is 50.7 Å². The number of aromatic nitrogens is 1. The Balaban J connectivity index is 2.22. The van der Waals surface area contributed by atoms with Crippen LogP contribution in [-0.4, -0.2) is 41.3 Å². The van der Waals surface area contributed by atoms with E-state index >= 15 is 0 Å². The first-order valence-electron chi connectivity index (χ1n) is 7.28. The summed E-state index contributed by atoms with van der Waals surface area (Å²) in [6, 6.07) is 7.72. The summed E-state index contributed by atoms with van der Waals surface area (Å²) in [5, 5.41) is 8.99. The van der Waals surface area contributed by atoms with Gasteiger partial charge >= 0.3 is 4.87 Å². The molecule has 0 atom stereocenters. The lowest BCUT2D eigenvalue weighted by molar-refractivity contribution is 0.218. The lowest BCUT2D eigenvalue weighted by Crippen LogP contribution is -2.21. The molecule has 2 N–H and O–H groups in total. The van der Waals surface area contributed by atoms with E-state index in [4.69, 9.17) is 9.84 Å². The van der Waals surface area contributed by atoms with Crippen molar-refractivity contribution >= 4 is 11.3 Å². The van der Waals surface area contributed by atoms with Crippen LogP contribution in [0.5, 0.6) is 5.75 Å². The quantitative estimate of drug-likeness (QED) is 0.821. The largest absolute Gasteiger partial charge is 0.491 e. The number of hydrogen-bond donors (Lipinski definition) is 2. The van der Waals surface area contributed by atoms with Gasteiger partial charge < -0.3 is 14.8 Å². The molecule has 0 saturated carbocycles. The van der Waals surface area contributed by atoms with Gasteiger partial charge in [0.05, 0.1) is 18.4 Å². The van der Waals surface area contributed by atoms with Crippen molar-refractivity contribution in [1.29, 1.82) is 0 Å². The molecule has 0 spiro atoms. The molecule has 5 nitrogen and oxygen atoms in total. The minimum Gasteiger partial charge on any atom is -0.491 e. The number of likely N-dealkylation sites (N-methyl/N-ethyl adjacent to an activating group) is 1. The molecular weight excluding hydrogens is 300 g/mol. The summed E-state index contributed by atoms with van der Waals surface area (Å²) in [5.74, 6) is 0.815. The lowest BCUT2D eigenvalue weighted by atomic mass is 10.1. The smallest absolute Gasteiger partial charge is 0.305 e. The number of aliphatic hydroxyl groups is 1. The molecule has 0 bridgehead atoms. The van der Waals surface area contributed by atoms with Crippen LogP contribution in [0.1, 0.15) is 18.7 Å². The van der Waals surface area contributed by atoms with Gasteiger partial charge in [0, 0.05) is 18.0 Å². The molecular formula is C16H22N2O3S. The molecule has 2 rings (SSSR count). The number of hydrogen-bond acceptors (Lipinski definition) is 5. The molecule has 1 heterocycles. The van der Waals surface area contributed by atoms with Crippen molar-refractivity contribution in [1.82, 2.24) is 9.88 Å². The topological polar surface area (TPSA) is 65.6 Å². The molecule has 0 unspecified atom stereocenters. The zero-order valence-corrected chi connectivity index (χ0v) is 13.9. The summed E-state index contributed by atoms with van der Waals surface area (Å²) < 4.78 is 5.63. The number of nitrogens with zero attached hydrogens (tertiary/aromatic N) is 1. The SMILES string of the molecule is CC(C)Oc1ccc(-c2[nH]c(=O)sc2CN(C)CCO)cc1. The Kier molecular flexibility index (Phi) is 5.76. The molecule has 0 fully saturated rings. The van der Waals surface area contributed by atoms with Gasteiger partial charge in [0.15, 0.2) is 0 Å². The number of ether oxygens (including phenoxy) is 1. The maximum Gasteiger partial charge on any atom is 0.305 e. The minimum atomic E-state index is -0.0649. The van der Waals surface area contributed by atoms with Crippen LogP contribution in [0.2, 0.25) is 0 Å². The number of benzene rings is 1. The zero-order valence-electron chi connectivity index (χ0n) is 13.1. The van der Waals surface area contributed by atoms with Crippen molar-refractivity contribution in [3.05, 3.63) is 38.8 Å². The van der Waals surface area contributed by atoms with Gasteiger partial charge in [-0.2, -0.15) is 0 Å². The zero-order chi connectivity index (χ0) is 16.1. The first-order chi connectivity index (χ1) is 10.5. The average molecular weight is 322 g/mol. The minimum absolute atomic E-state index is 0.0649. The van der Waals surface area contributed by atoms with E-state index in [9.17, 15) is 4.79 Å². The third-order valence-corrected chi connectivity index (χ3v) is 4.00. The summed E-state index contributed by atoms with van der Waals surface area (Å²) >= 11 is 1.21. The normalized spacial score (nSPS) is 11.4. The maximum absolute atomic E-state index is 11.7. The Hall–Kier alpha value is -1.63. The van der Waals surface area contributed by atoms with Gasteiger partial charge in [0.1, 0.15) is 5.75 Å². The fraction of sp³-hybridized carbons (Fsp3) is 0.438. The molecule has 0 saturated heterocycles. The molecule has 0 radical (unpaired) electrons. The van der Waals surface area contributed by atoms with E-state index in [-0.39, 0.29) is 17.6 Å². The molecule has 1 aromatic carbocycles. The van der Waals surface area contributed by atoms with Gasteiger partial charge in [-0.15, -0.1) is 0 Å². The molecule has 6 heteroatoms. The number of thiazole rings is 1. The van der Waals surface area contributed by atoms with Crippen LogP contribution in [-0.2, 0) is 6.54 Å². The summed E-state index contributed by atoms with van der Waals surface area (Å²) in [6.45, 7) is 5.28. The number of rotatable bonds is 7. The van der Waals surface area contributed by atoms with Gasteiger partial charge in [-0.1, -0.05) is 11.3 Å². The Morgan fingerprint density at radius 3 is 2.59 bits per heavy atom. The summed E-state index contributed by atoms with van der Waals surface area (Å²) in [5.41, 5.74) is 1.80. The molecule has 0 aliphatic carbocycles. The van der Waals surface area contributed by atoms with Crippen molar-refractivity contribution in [2.75, 3.05) is 20.2 Å².